The Hall–Kier alpha value is -1.97. The molecule has 3 nitrogen and oxygen atoms in total. The van der Waals surface area contributed by atoms with Crippen LogP contribution in [0.3, 0.4) is 0 Å². The number of nitrogens with zero attached hydrogens (tertiary/aromatic N) is 2. The van der Waals surface area contributed by atoms with Crippen LogP contribution in [-0.4, -0.2) is 17.0 Å². The summed E-state index contributed by atoms with van der Waals surface area (Å²) in [6, 6.07) is 6.93. The molecule has 0 saturated carbocycles. The van der Waals surface area contributed by atoms with Crippen LogP contribution < -0.4 is 5.32 Å². The highest BCUT2D eigenvalue weighted by atomic mass is 19.1. The van der Waals surface area contributed by atoms with Crippen molar-refractivity contribution >= 4 is 5.82 Å². The summed E-state index contributed by atoms with van der Waals surface area (Å²) >= 11 is 0. The topological polar surface area (TPSA) is 37.8 Å². The SMILES string of the molecule is CNc1cccc(-c2cncc(F)c2)n1. The second-order valence-electron chi connectivity index (χ2n) is 3.05. The Labute approximate surface area is 87.0 Å². The molecule has 0 radical (unpaired) electrons. The Morgan fingerprint density at radius 1 is 1.27 bits per heavy atom. The first kappa shape index (κ1) is 9.58. The molecule has 0 saturated heterocycles. The van der Waals surface area contributed by atoms with Gasteiger partial charge >= 0.3 is 0 Å². The molecule has 0 bridgehead atoms. The maximum Gasteiger partial charge on any atom is 0.142 e. The lowest BCUT2D eigenvalue weighted by Gasteiger charge is -2.03. The molecule has 2 aromatic heterocycles. The van der Waals surface area contributed by atoms with E-state index in [1.807, 2.05) is 18.2 Å². The summed E-state index contributed by atoms with van der Waals surface area (Å²) in [5.41, 5.74) is 1.38. The number of halogens is 1. The van der Waals surface area contributed by atoms with Crippen molar-refractivity contribution in [1.29, 1.82) is 0 Å². The maximum atomic E-state index is 12.9. The summed E-state index contributed by atoms with van der Waals surface area (Å²) in [7, 11) is 1.79. The third-order valence-corrected chi connectivity index (χ3v) is 2.01. The van der Waals surface area contributed by atoms with Gasteiger partial charge in [-0.2, -0.15) is 0 Å². The predicted octanol–water partition coefficient (Wildman–Crippen LogP) is 2.32. The van der Waals surface area contributed by atoms with E-state index in [2.05, 4.69) is 15.3 Å². The second kappa shape index (κ2) is 4.04. The summed E-state index contributed by atoms with van der Waals surface area (Å²) in [4.78, 5) is 8.07. The van der Waals surface area contributed by atoms with Crippen molar-refractivity contribution in [2.45, 2.75) is 0 Å². The van der Waals surface area contributed by atoms with Gasteiger partial charge in [0.05, 0.1) is 11.9 Å². The molecule has 2 heterocycles. The third-order valence-electron chi connectivity index (χ3n) is 2.01. The van der Waals surface area contributed by atoms with Gasteiger partial charge in [-0.25, -0.2) is 9.37 Å². The maximum absolute atomic E-state index is 12.9. The van der Waals surface area contributed by atoms with Crippen LogP contribution in [0.1, 0.15) is 0 Å². The minimum Gasteiger partial charge on any atom is -0.373 e. The van der Waals surface area contributed by atoms with Crippen molar-refractivity contribution in [3.63, 3.8) is 0 Å². The van der Waals surface area contributed by atoms with Crippen molar-refractivity contribution in [3.8, 4) is 11.3 Å². The predicted molar refractivity (Wildman–Crippen MR) is 57.0 cm³/mol. The van der Waals surface area contributed by atoms with Gasteiger partial charge in [-0.3, -0.25) is 4.98 Å². The summed E-state index contributed by atoms with van der Waals surface area (Å²) in [6.07, 6.45) is 2.76. The molecular weight excluding hydrogens is 193 g/mol. The standard InChI is InChI=1S/C11H10FN3/c1-13-11-4-2-3-10(15-11)8-5-9(12)7-14-6-8/h2-7H,1H3,(H,13,15). The van der Waals surface area contributed by atoms with Crippen LogP contribution in [0.2, 0.25) is 0 Å². The van der Waals surface area contributed by atoms with Gasteiger partial charge in [-0.1, -0.05) is 6.07 Å². The van der Waals surface area contributed by atoms with Crippen LogP contribution in [-0.2, 0) is 0 Å². The lowest BCUT2D eigenvalue weighted by Crippen LogP contribution is -1.93. The van der Waals surface area contributed by atoms with E-state index in [0.717, 1.165) is 5.82 Å². The average Bonchev–Trinajstić information content (AvgIpc) is 2.29. The van der Waals surface area contributed by atoms with Crippen molar-refractivity contribution < 1.29 is 4.39 Å². The van der Waals surface area contributed by atoms with Crippen molar-refractivity contribution in [1.82, 2.24) is 9.97 Å². The van der Waals surface area contributed by atoms with Gasteiger partial charge in [0.1, 0.15) is 11.6 Å². The molecule has 0 atom stereocenters. The van der Waals surface area contributed by atoms with Crippen LogP contribution in [0.15, 0.2) is 36.7 Å². The van der Waals surface area contributed by atoms with Gasteiger partial charge in [0.2, 0.25) is 0 Å². The van der Waals surface area contributed by atoms with E-state index < -0.39 is 0 Å². The average molecular weight is 203 g/mol. The molecule has 76 valence electrons. The molecule has 0 aromatic carbocycles. The van der Waals surface area contributed by atoms with Gasteiger partial charge in [-0.05, 0) is 18.2 Å². The number of pyridine rings is 2. The van der Waals surface area contributed by atoms with E-state index in [-0.39, 0.29) is 5.82 Å². The zero-order chi connectivity index (χ0) is 10.7. The minimum absolute atomic E-state index is 0.357. The molecule has 0 aliphatic rings. The summed E-state index contributed by atoms with van der Waals surface area (Å²) in [5, 5.41) is 2.93. The number of hydrogen-bond donors (Lipinski definition) is 1. The zero-order valence-corrected chi connectivity index (χ0v) is 8.24. The molecule has 0 fully saturated rings. The highest BCUT2D eigenvalue weighted by molar-refractivity contribution is 5.59. The molecule has 4 heteroatoms. The minimum atomic E-state index is -0.357. The monoisotopic (exact) mass is 203 g/mol. The fraction of sp³-hybridized carbons (Fsp3) is 0.0909. The van der Waals surface area contributed by atoms with E-state index in [4.69, 9.17) is 0 Å². The van der Waals surface area contributed by atoms with Crippen molar-refractivity contribution in [2.24, 2.45) is 0 Å². The second-order valence-corrected chi connectivity index (χ2v) is 3.05. The Balaban J connectivity index is 2.44. The van der Waals surface area contributed by atoms with E-state index in [0.29, 0.717) is 11.3 Å². The van der Waals surface area contributed by atoms with Gasteiger partial charge in [-0.15, -0.1) is 0 Å². The Morgan fingerprint density at radius 2 is 2.13 bits per heavy atom. The number of nitrogens with one attached hydrogen (secondary N) is 1. The van der Waals surface area contributed by atoms with Gasteiger partial charge < -0.3 is 5.32 Å². The molecule has 0 spiro atoms. The van der Waals surface area contributed by atoms with Crippen LogP contribution >= 0.6 is 0 Å². The Morgan fingerprint density at radius 3 is 2.87 bits per heavy atom. The van der Waals surface area contributed by atoms with Gasteiger partial charge in [0, 0.05) is 18.8 Å². The van der Waals surface area contributed by atoms with Crippen molar-refractivity contribution in [2.75, 3.05) is 12.4 Å². The molecule has 15 heavy (non-hydrogen) atoms. The molecule has 1 N–H and O–H groups in total. The van der Waals surface area contributed by atoms with Crippen molar-refractivity contribution in [3.05, 3.63) is 42.5 Å². The Kier molecular flexibility index (Phi) is 2.58. The van der Waals surface area contributed by atoms with Crippen LogP contribution in [0.25, 0.3) is 11.3 Å². The quantitative estimate of drug-likeness (QED) is 0.813. The van der Waals surface area contributed by atoms with E-state index >= 15 is 0 Å². The number of aromatic nitrogens is 2. The van der Waals surface area contributed by atoms with Crippen LogP contribution in [0.5, 0.6) is 0 Å². The lowest BCUT2D eigenvalue weighted by atomic mass is 10.2. The first-order valence-electron chi connectivity index (χ1n) is 4.55. The highest BCUT2D eigenvalue weighted by Gasteiger charge is 2.01. The highest BCUT2D eigenvalue weighted by Crippen LogP contribution is 2.18. The summed E-state index contributed by atoms with van der Waals surface area (Å²) in [5.74, 6) is 0.390. The fourth-order valence-corrected chi connectivity index (χ4v) is 1.29. The number of rotatable bonds is 2. The summed E-state index contributed by atoms with van der Waals surface area (Å²) in [6.45, 7) is 0. The smallest absolute Gasteiger partial charge is 0.142 e. The fourth-order valence-electron chi connectivity index (χ4n) is 1.29. The molecule has 2 aromatic rings. The van der Waals surface area contributed by atoms with E-state index in [1.54, 1.807) is 13.2 Å². The lowest BCUT2D eigenvalue weighted by molar-refractivity contribution is 0.622. The first-order chi connectivity index (χ1) is 7.29. The van der Waals surface area contributed by atoms with Gasteiger partial charge in [0.15, 0.2) is 0 Å². The normalized spacial score (nSPS) is 10.0. The largest absolute Gasteiger partial charge is 0.373 e. The van der Waals surface area contributed by atoms with Crippen LogP contribution in [0.4, 0.5) is 10.2 Å². The molecule has 2 rings (SSSR count). The van der Waals surface area contributed by atoms with E-state index in [1.165, 1.54) is 12.3 Å². The molecular formula is C11H10FN3. The third kappa shape index (κ3) is 2.10. The zero-order valence-electron chi connectivity index (χ0n) is 8.24. The number of anilines is 1. The van der Waals surface area contributed by atoms with Crippen LogP contribution in [0, 0.1) is 5.82 Å². The molecule has 0 aliphatic carbocycles. The first-order valence-corrected chi connectivity index (χ1v) is 4.55. The summed E-state index contributed by atoms with van der Waals surface area (Å²) < 4.78 is 12.9. The Bertz CT molecular complexity index is 471. The molecule has 0 amide bonds. The molecule has 0 unspecified atom stereocenters. The van der Waals surface area contributed by atoms with E-state index in [9.17, 15) is 4.39 Å². The van der Waals surface area contributed by atoms with Gasteiger partial charge in [0.25, 0.3) is 0 Å². The molecule has 0 aliphatic heterocycles. The number of hydrogen-bond acceptors (Lipinski definition) is 3.